The first kappa shape index (κ1) is 20.9. The van der Waals surface area contributed by atoms with Crippen LogP contribution in [-0.2, 0) is 4.74 Å². The first-order valence-corrected chi connectivity index (χ1v) is 10.5. The van der Waals surface area contributed by atoms with Gasteiger partial charge in [0.2, 0.25) is 5.13 Å². The lowest BCUT2D eigenvalue weighted by molar-refractivity contribution is 0.102. The Balaban J connectivity index is 1.99. The number of carbonyl (C=O) groups excluding carboxylic acids is 1. The summed E-state index contributed by atoms with van der Waals surface area (Å²) in [5, 5.41) is 12.3. The van der Waals surface area contributed by atoms with Crippen LogP contribution in [0.15, 0.2) is 10.4 Å². The van der Waals surface area contributed by atoms with Gasteiger partial charge in [0.15, 0.2) is 10.1 Å². The van der Waals surface area contributed by atoms with E-state index in [1.807, 2.05) is 19.9 Å². The molecule has 0 aromatic carbocycles. The first-order valence-electron chi connectivity index (χ1n) is 8.74. The fourth-order valence-electron chi connectivity index (χ4n) is 2.89. The third-order valence-corrected chi connectivity index (χ3v) is 6.04. The van der Waals surface area contributed by atoms with Crippen molar-refractivity contribution >= 4 is 34.0 Å². The second kappa shape index (κ2) is 9.53. The number of hydrogen-bond acceptors (Lipinski definition) is 7. The summed E-state index contributed by atoms with van der Waals surface area (Å²) in [4.78, 5) is 12.7. The van der Waals surface area contributed by atoms with Crippen molar-refractivity contribution in [2.24, 2.45) is 5.92 Å². The van der Waals surface area contributed by atoms with Gasteiger partial charge < -0.3 is 14.6 Å². The average Bonchev–Trinajstić information content (AvgIpc) is 3.15. The number of hydrogen-bond donors (Lipinski definition) is 1. The van der Waals surface area contributed by atoms with E-state index in [4.69, 9.17) is 4.74 Å². The molecule has 2 aromatic rings. The number of nitrogens with zero attached hydrogens (tertiary/aromatic N) is 3. The molecule has 1 atom stereocenters. The molecule has 0 aliphatic rings. The molecule has 0 fully saturated rings. The van der Waals surface area contributed by atoms with Crippen LogP contribution in [0.25, 0.3) is 0 Å². The minimum absolute atomic E-state index is 0.117. The fraction of sp³-hybridized carbons (Fsp3) is 0.611. The summed E-state index contributed by atoms with van der Waals surface area (Å²) in [7, 11) is 1.69. The zero-order chi connectivity index (χ0) is 19.3. The molecule has 2 heterocycles. The summed E-state index contributed by atoms with van der Waals surface area (Å²) in [6, 6.07) is 2.17. The third-order valence-electron chi connectivity index (χ3n) is 4.03. The summed E-state index contributed by atoms with van der Waals surface area (Å²) in [6.45, 7) is 11.9. The van der Waals surface area contributed by atoms with E-state index < -0.39 is 0 Å². The van der Waals surface area contributed by atoms with E-state index in [-0.39, 0.29) is 11.8 Å². The zero-order valence-electron chi connectivity index (χ0n) is 16.3. The number of ketones is 1. The van der Waals surface area contributed by atoms with Crippen LogP contribution < -0.4 is 5.32 Å². The highest BCUT2D eigenvalue weighted by Gasteiger charge is 2.19. The van der Waals surface area contributed by atoms with Crippen LogP contribution in [0.1, 0.15) is 48.6 Å². The summed E-state index contributed by atoms with van der Waals surface area (Å²) in [5.41, 5.74) is 2.85. The summed E-state index contributed by atoms with van der Waals surface area (Å²) in [6.07, 6.45) is 0. The van der Waals surface area contributed by atoms with E-state index in [2.05, 4.69) is 40.9 Å². The van der Waals surface area contributed by atoms with Crippen molar-refractivity contribution in [3.05, 3.63) is 23.0 Å². The van der Waals surface area contributed by atoms with Gasteiger partial charge in [0.25, 0.3) is 0 Å². The zero-order valence-corrected chi connectivity index (χ0v) is 18.0. The summed E-state index contributed by atoms with van der Waals surface area (Å²) >= 11 is 2.93. The number of ether oxygens (including phenoxy) is 1. The average molecular weight is 397 g/mol. The van der Waals surface area contributed by atoms with E-state index in [1.165, 1.54) is 23.1 Å². The van der Waals surface area contributed by atoms with Gasteiger partial charge in [-0.2, -0.15) is 0 Å². The van der Waals surface area contributed by atoms with E-state index >= 15 is 0 Å². The summed E-state index contributed by atoms with van der Waals surface area (Å²) < 4.78 is 8.23. The monoisotopic (exact) mass is 396 g/mol. The number of Topliss-reactive ketones (excluding diaryl/α,β-unsaturated/α-hetero) is 1. The second-order valence-corrected chi connectivity index (χ2v) is 9.02. The Hall–Kier alpha value is -1.38. The molecule has 0 aliphatic carbocycles. The quantitative estimate of drug-likeness (QED) is 0.479. The van der Waals surface area contributed by atoms with Crippen LogP contribution >= 0.6 is 23.1 Å². The summed E-state index contributed by atoms with van der Waals surface area (Å²) in [5.74, 6) is 1.03. The Bertz CT molecular complexity index is 740. The van der Waals surface area contributed by atoms with Crippen molar-refractivity contribution in [3.63, 3.8) is 0 Å². The second-order valence-electron chi connectivity index (χ2n) is 6.82. The van der Waals surface area contributed by atoms with Gasteiger partial charge in [0.1, 0.15) is 0 Å². The number of thioether (sulfide) groups is 1. The number of anilines is 1. The van der Waals surface area contributed by atoms with Crippen LogP contribution in [0.4, 0.5) is 5.13 Å². The molecular formula is C18H28N4O2S2. The van der Waals surface area contributed by atoms with Crippen molar-refractivity contribution in [2.75, 3.05) is 31.3 Å². The Morgan fingerprint density at radius 3 is 2.73 bits per heavy atom. The Morgan fingerprint density at radius 1 is 1.35 bits per heavy atom. The van der Waals surface area contributed by atoms with Gasteiger partial charge in [-0.3, -0.25) is 4.79 Å². The van der Waals surface area contributed by atoms with Crippen molar-refractivity contribution in [2.45, 2.75) is 45.0 Å². The Kier molecular flexibility index (Phi) is 7.67. The lowest BCUT2D eigenvalue weighted by Gasteiger charge is -2.17. The number of aryl methyl sites for hydroxylation is 1. The fourth-order valence-corrected chi connectivity index (χ4v) is 4.53. The molecule has 0 saturated heterocycles. The molecule has 0 bridgehead atoms. The molecular weight excluding hydrogens is 368 g/mol. The van der Waals surface area contributed by atoms with Gasteiger partial charge >= 0.3 is 0 Å². The molecule has 144 valence electrons. The lowest BCUT2D eigenvalue weighted by atomic mass is 10.2. The predicted molar refractivity (Wildman–Crippen MR) is 109 cm³/mol. The number of carbonyl (C=O) groups is 1. The maximum absolute atomic E-state index is 12.7. The van der Waals surface area contributed by atoms with Crippen molar-refractivity contribution in [3.8, 4) is 0 Å². The molecule has 0 spiro atoms. The SMILES string of the molecule is COCC(C)n1c(C)cc(C(=O)CSc2nnc(NCC(C)C)s2)c1C. The first-order chi connectivity index (χ1) is 12.3. The molecule has 8 heteroatoms. The van der Waals surface area contributed by atoms with E-state index in [0.29, 0.717) is 18.3 Å². The minimum Gasteiger partial charge on any atom is -0.383 e. The van der Waals surface area contributed by atoms with Crippen molar-refractivity contribution < 1.29 is 9.53 Å². The molecule has 0 saturated carbocycles. The van der Waals surface area contributed by atoms with Gasteiger partial charge in [-0.1, -0.05) is 36.9 Å². The Morgan fingerprint density at radius 2 is 2.08 bits per heavy atom. The number of nitrogens with one attached hydrogen (secondary N) is 1. The number of methoxy groups -OCH3 is 1. The normalized spacial score (nSPS) is 12.6. The van der Waals surface area contributed by atoms with E-state index in [0.717, 1.165) is 33.0 Å². The highest BCUT2D eigenvalue weighted by Crippen LogP contribution is 2.28. The molecule has 6 nitrogen and oxygen atoms in total. The Labute approximate surface area is 163 Å². The van der Waals surface area contributed by atoms with Crippen molar-refractivity contribution in [1.82, 2.24) is 14.8 Å². The van der Waals surface area contributed by atoms with Gasteiger partial charge in [0.05, 0.1) is 18.4 Å². The van der Waals surface area contributed by atoms with Gasteiger partial charge in [-0.25, -0.2) is 0 Å². The maximum atomic E-state index is 12.7. The van der Waals surface area contributed by atoms with Gasteiger partial charge in [0, 0.05) is 30.6 Å². The minimum atomic E-state index is 0.117. The van der Waals surface area contributed by atoms with Gasteiger partial charge in [-0.05, 0) is 32.8 Å². The van der Waals surface area contributed by atoms with Crippen LogP contribution in [-0.4, -0.2) is 46.6 Å². The largest absolute Gasteiger partial charge is 0.383 e. The molecule has 2 rings (SSSR count). The molecule has 0 radical (unpaired) electrons. The molecule has 0 aliphatic heterocycles. The van der Waals surface area contributed by atoms with Crippen molar-refractivity contribution in [1.29, 1.82) is 0 Å². The molecule has 2 aromatic heterocycles. The number of rotatable bonds is 10. The molecule has 0 amide bonds. The van der Waals surface area contributed by atoms with Crippen LogP contribution in [0.5, 0.6) is 0 Å². The van der Waals surface area contributed by atoms with Crippen LogP contribution in [0.3, 0.4) is 0 Å². The van der Waals surface area contributed by atoms with Crippen LogP contribution in [0.2, 0.25) is 0 Å². The molecule has 1 N–H and O–H groups in total. The molecule has 26 heavy (non-hydrogen) atoms. The predicted octanol–water partition coefficient (Wildman–Crippen LogP) is 4.21. The standard InChI is InChI=1S/C18H28N4O2S2/c1-11(2)8-19-17-20-21-18(26-17)25-10-16(23)15-7-12(3)22(14(15)5)13(4)9-24-6/h7,11,13H,8-10H2,1-6H3,(H,19,20). The highest BCUT2D eigenvalue weighted by molar-refractivity contribution is 8.01. The van der Waals surface area contributed by atoms with Crippen LogP contribution in [0, 0.1) is 19.8 Å². The topological polar surface area (TPSA) is 69.0 Å². The van der Waals surface area contributed by atoms with E-state index in [1.54, 1.807) is 7.11 Å². The molecule has 1 unspecified atom stereocenters. The highest BCUT2D eigenvalue weighted by atomic mass is 32.2. The third kappa shape index (κ3) is 5.31. The van der Waals surface area contributed by atoms with E-state index in [9.17, 15) is 4.79 Å². The lowest BCUT2D eigenvalue weighted by Crippen LogP contribution is -2.14. The number of aromatic nitrogens is 3. The smallest absolute Gasteiger partial charge is 0.206 e. The maximum Gasteiger partial charge on any atom is 0.206 e. The van der Waals surface area contributed by atoms with Gasteiger partial charge in [-0.15, -0.1) is 10.2 Å².